The van der Waals surface area contributed by atoms with Gasteiger partial charge in [0.25, 0.3) is 0 Å². The van der Waals surface area contributed by atoms with Crippen molar-refractivity contribution in [2.75, 3.05) is 10.6 Å². The van der Waals surface area contributed by atoms with Crippen molar-refractivity contribution >= 4 is 33.5 Å². The number of hydrogen-bond acceptors (Lipinski definition) is 3. The van der Waals surface area contributed by atoms with Gasteiger partial charge in [0, 0.05) is 17.9 Å². The van der Waals surface area contributed by atoms with Crippen LogP contribution in [0.5, 0.6) is 0 Å². The Kier molecular flexibility index (Phi) is 5.62. The number of anilines is 1. The highest BCUT2D eigenvalue weighted by atomic mass is 79.9. The number of carbonyl (C=O) groups is 2. The fourth-order valence-electron chi connectivity index (χ4n) is 1.23. The molecule has 1 rings (SSSR count). The van der Waals surface area contributed by atoms with Crippen LogP contribution in [0.25, 0.3) is 0 Å². The molecule has 0 fully saturated rings. The van der Waals surface area contributed by atoms with Crippen LogP contribution in [0.2, 0.25) is 0 Å². The molecule has 0 unspecified atom stereocenters. The zero-order valence-electron chi connectivity index (χ0n) is 9.15. The molecule has 0 saturated heterocycles. The first-order valence-electron chi connectivity index (χ1n) is 5.17. The van der Waals surface area contributed by atoms with Gasteiger partial charge in [0.2, 0.25) is 5.91 Å². The second kappa shape index (κ2) is 7.01. The Morgan fingerprint density at radius 3 is 2.76 bits per heavy atom. The highest BCUT2D eigenvalue weighted by Crippen LogP contribution is 2.09. The summed E-state index contributed by atoms with van der Waals surface area (Å²) in [7, 11) is 0. The number of carbonyl (C=O) groups excluding carboxylic acids is 1. The molecule has 0 aromatic carbocycles. The number of halogens is 1. The van der Waals surface area contributed by atoms with Crippen LogP contribution in [0, 0.1) is 0 Å². The Hall–Kier alpha value is -1.43. The van der Waals surface area contributed by atoms with Gasteiger partial charge in [-0.05, 0) is 18.9 Å². The summed E-state index contributed by atoms with van der Waals surface area (Å²) >= 11 is 3.28. The number of carboxylic acids is 1. The molecule has 1 aromatic rings. The Labute approximate surface area is 107 Å². The predicted octanol–water partition coefficient (Wildman–Crippen LogP) is 2.28. The van der Waals surface area contributed by atoms with Gasteiger partial charge in [-0.25, -0.2) is 4.79 Å². The van der Waals surface area contributed by atoms with E-state index in [0.29, 0.717) is 12.1 Å². The molecule has 0 aliphatic carbocycles. The smallest absolute Gasteiger partial charge is 0.337 e. The molecular weight excluding hydrogens is 288 g/mol. The highest BCUT2D eigenvalue weighted by Gasteiger charge is 2.06. The Balaban J connectivity index is 2.53. The molecule has 5 nitrogen and oxygen atoms in total. The number of rotatable bonds is 6. The summed E-state index contributed by atoms with van der Waals surface area (Å²) < 4.78 is 0. The van der Waals surface area contributed by atoms with E-state index in [1.165, 1.54) is 18.5 Å². The summed E-state index contributed by atoms with van der Waals surface area (Å²) in [4.78, 5) is 25.9. The second-order valence-corrected chi connectivity index (χ2v) is 4.25. The molecule has 1 aromatic heterocycles. The maximum atomic E-state index is 11.5. The molecule has 1 amide bonds. The lowest BCUT2D eigenvalue weighted by atomic mass is 10.2. The maximum Gasteiger partial charge on any atom is 0.337 e. The SMILES string of the molecule is O=C(CCCCBr)Nc1cncc(C(=O)O)c1. The highest BCUT2D eigenvalue weighted by molar-refractivity contribution is 9.09. The number of nitrogens with one attached hydrogen (secondary N) is 1. The molecule has 17 heavy (non-hydrogen) atoms. The van der Waals surface area contributed by atoms with Gasteiger partial charge in [-0.3, -0.25) is 9.78 Å². The second-order valence-electron chi connectivity index (χ2n) is 3.46. The third-order valence-corrected chi connectivity index (χ3v) is 2.62. The van der Waals surface area contributed by atoms with Gasteiger partial charge in [0.1, 0.15) is 0 Å². The van der Waals surface area contributed by atoms with Crippen LogP contribution in [-0.2, 0) is 4.79 Å². The maximum absolute atomic E-state index is 11.5. The van der Waals surface area contributed by atoms with E-state index >= 15 is 0 Å². The van der Waals surface area contributed by atoms with Gasteiger partial charge in [-0.1, -0.05) is 15.9 Å². The minimum Gasteiger partial charge on any atom is -0.478 e. The number of carboxylic acid groups (broad SMARTS) is 1. The van der Waals surface area contributed by atoms with Crippen LogP contribution >= 0.6 is 15.9 Å². The first kappa shape index (κ1) is 13.6. The number of pyridine rings is 1. The monoisotopic (exact) mass is 300 g/mol. The van der Waals surface area contributed by atoms with Crippen LogP contribution in [0.3, 0.4) is 0 Å². The lowest BCUT2D eigenvalue weighted by Crippen LogP contribution is -2.12. The van der Waals surface area contributed by atoms with Crippen molar-refractivity contribution in [3.8, 4) is 0 Å². The predicted molar refractivity (Wildman–Crippen MR) is 67.5 cm³/mol. The Bertz CT molecular complexity index is 409. The molecule has 0 aliphatic heterocycles. The summed E-state index contributed by atoms with van der Waals surface area (Å²) in [6.45, 7) is 0. The third-order valence-electron chi connectivity index (χ3n) is 2.06. The molecule has 0 bridgehead atoms. The van der Waals surface area contributed by atoms with Gasteiger partial charge < -0.3 is 10.4 Å². The molecule has 1 heterocycles. The van der Waals surface area contributed by atoms with E-state index in [1.54, 1.807) is 0 Å². The molecule has 6 heteroatoms. The zero-order valence-corrected chi connectivity index (χ0v) is 10.7. The van der Waals surface area contributed by atoms with Gasteiger partial charge in [-0.2, -0.15) is 0 Å². The number of hydrogen-bond donors (Lipinski definition) is 2. The van der Waals surface area contributed by atoms with Gasteiger partial charge in [0.05, 0.1) is 17.4 Å². The summed E-state index contributed by atoms with van der Waals surface area (Å²) in [5.74, 6) is -1.19. The lowest BCUT2D eigenvalue weighted by Gasteiger charge is -2.04. The molecule has 2 N–H and O–H groups in total. The molecule has 0 radical (unpaired) electrons. The van der Waals surface area contributed by atoms with Crippen molar-refractivity contribution in [1.82, 2.24) is 4.98 Å². The van der Waals surface area contributed by atoms with E-state index in [1.807, 2.05) is 0 Å². The molecule has 92 valence electrons. The van der Waals surface area contributed by atoms with Crippen molar-refractivity contribution in [3.63, 3.8) is 0 Å². The van der Waals surface area contributed by atoms with E-state index in [4.69, 9.17) is 5.11 Å². The average Bonchev–Trinajstić information content (AvgIpc) is 2.29. The largest absolute Gasteiger partial charge is 0.478 e. The zero-order chi connectivity index (χ0) is 12.7. The summed E-state index contributed by atoms with van der Waals surface area (Å²) in [5.41, 5.74) is 0.469. The number of unbranched alkanes of at least 4 members (excludes halogenated alkanes) is 1. The van der Waals surface area contributed by atoms with Crippen molar-refractivity contribution in [2.24, 2.45) is 0 Å². The molecule has 0 saturated carbocycles. The third kappa shape index (κ3) is 4.95. The van der Waals surface area contributed by atoms with E-state index in [0.717, 1.165) is 18.2 Å². The van der Waals surface area contributed by atoms with Gasteiger partial charge in [0.15, 0.2) is 0 Å². The van der Waals surface area contributed by atoms with Crippen LogP contribution in [0.15, 0.2) is 18.5 Å². The molecule has 0 spiro atoms. The van der Waals surface area contributed by atoms with Crippen molar-refractivity contribution in [3.05, 3.63) is 24.0 Å². The average molecular weight is 301 g/mol. The summed E-state index contributed by atoms with van der Waals surface area (Å²) in [6, 6.07) is 1.39. The van der Waals surface area contributed by atoms with Crippen molar-refractivity contribution < 1.29 is 14.7 Å². The van der Waals surface area contributed by atoms with Crippen LogP contribution in [0.1, 0.15) is 29.6 Å². The van der Waals surface area contributed by atoms with Crippen molar-refractivity contribution in [2.45, 2.75) is 19.3 Å². The first-order chi connectivity index (χ1) is 8.13. The number of amides is 1. The van der Waals surface area contributed by atoms with Crippen LogP contribution in [0.4, 0.5) is 5.69 Å². The minimum atomic E-state index is -1.06. The van der Waals surface area contributed by atoms with Gasteiger partial charge in [-0.15, -0.1) is 0 Å². The number of aromatic nitrogens is 1. The fourth-order valence-corrected chi connectivity index (χ4v) is 1.63. The first-order valence-corrected chi connectivity index (χ1v) is 6.30. The fraction of sp³-hybridized carbons (Fsp3) is 0.364. The number of nitrogens with zero attached hydrogens (tertiary/aromatic N) is 1. The molecular formula is C11H13BrN2O3. The quantitative estimate of drug-likeness (QED) is 0.624. The minimum absolute atomic E-state index is 0.0586. The van der Waals surface area contributed by atoms with Gasteiger partial charge >= 0.3 is 5.97 Å². The lowest BCUT2D eigenvalue weighted by molar-refractivity contribution is -0.116. The summed E-state index contributed by atoms with van der Waals surface area (Å²) in [5, 5.41) is 12.2. The van der Waals surface area contributed by atoms with E-state index in [2.05, 4.69) is 26.2 Å². The normalized spacial score (nSPS) is 9.94. The number of aromatic carboxylic acids is 1. The number of alkyl halides is 1. The summed E-state index contributed by atoms with van der Waals surface area (Å²) in [6.07, 6.45) is 4.81. The Morgan fingerprint density at radius 1 is 1.35 bits per heavy atom. The van der Waals surface area contributed by atoms with Crippen LogP contribution in [-0.4, -0.2) is 27.3 Å². The molecule has 0 atom stereocenters. The van der Waals surface area contributed by atoms with E-state index in [-0.39, 0.29) is 11.5 Å². The van der Waals surface area contributed by atoms with Crippen molar-refractivity contribution in [1.29, 1.82) is 0 Å². The van der Waals surface area contributed by atoms with E-state index < -0.39 is 5.97 Å². The molecule has 0 aliphatic rings. The topological polar surface area (TPSA) is 79.3 Å². The Morgan fingerprint density at radius 2 is 2.12 bits per heavy atom. The standard InChI is InChI=1S/C11H13BrN2O3/c12-4-2-1-3-10(15)14-9-5-8(11(16)17)6-13-7-9/h5-7H,1-4H2,(H,14,15)(H,16,17). The van der Waals surface area contributed by atoms with Crippen LogP contribution < -0.4 is 5.32 Å². The van der Waals surface area contributed by atoms with E-state index in [9.17, 15) is 9.59 Å².